The Balaban J connectivity index is 1.89. The van der Waals surface area contributed by atoms with Gasteiger partial charge in [0.05, 0.1) is 7.11 Å². The maximum atomic E-state index is 5.37. The Kier molecular flexibility index (Phi) is 3.50. The topological polar surface area (TPSA) is 24.5 Å². The van der Waals surface area contributed by atoms with Crippen LogP contribution < -0.4 is 10.1 Å². The zero-order valence-electron chi connectivity index (χ0n) is 12.1. The summed E-state index contributed by atoms with van der Waals surface area (Å²) in [6.45, 7) is 3.44. The molecule has 0 aliphatic heterocycles. The summed E-state index contributed by atoms with van der Waals surface area (Å²) in [4.78, 5) is 2.69. The van der Waals surface area contributed by atoms with Gasteiger partial charge >= 0.3 is 0 Å². The number of hydrogen-bond acceptors (Lipinski definition) is 3. The predicted molar refractivity (Wildman–Crippen MR) is 77.7 cm³/mol. The molecule has 1 saturated carbocycles. The van der Waals surface area contributed by atoms with Gasteiger partial charge in [-0.15, -0.1) is 0 Å². The highest BCUT2D eigenvalue weighted by molar-refractivity contribution is 5.43. The molecule has 19 heavy (non-hydrogen) atoms. The number of rotatable bonds is 5. The number of methoxy groups -OCH3 is 1. The van der Waals surface area contributed by atoms with E-state index in [-0.39, 0.29) is 0 Å². The zero-order chi connectivity index (χ0) is 13.4. The molecule has 0 saturated heterocycles. The molecule has 3 heteroatoms. The molecule has 2 aliphatic carbocycles. The predicted octanol–water partition coefficient (Wildman–Crippen LogP) is 2.36. The van der Waals surface area contributed by atoms with E-state index in [1.807, 2.05) is 0 Å². The van der Waals surface area contributed by atoms with E-state index in [4.69, 9.17) is 4.74 Å². The fourth-order valence-electron chi connectivity index (χ4n) is 3.55. The smallest absolute Gasteiger partial charge is 0.119 e. The number of benzene rings is 1. The quantitative estimate of drug-likeness (QED) is 0.879. The minimum atomic E-state index is 0.436. The Bertz CT molecular complexity index is 456. The number of fused-ring (bicyclic) bond motifs is 1. The summed E-state index contributed by atoms with van der Waals surface area (Å²) < 4.78 is 5.37. The van der Waals surface area contributed by atoms with Crippen LogP contribution in [0.2, 0.25) is 0 Å². The third-order valence-corrected chi connectivity index (χ3v) is 4.62. The van der Waals surface area contributed by atoms with Gasteiger partial charge < -0.3 is 10.1 Å². The Morgan fingerprint density at radius 3 is 2.74 bits per heavy atom. The molecule has 104 valence electrons. The molecule has 2 unspecified atom stereocenters. The highest BCUT2D eigenvalue weighted by atomic mass is 16.5. The molecule has 0 radical (unpaired) electrons. The van der Waals surface area contributed by atoms with Crippen molar-refractivity contribution in [1.29, 1.82) is 0 Å². The van der Waals surface area contributed by atoms with Gasteiger partial charge in [-0.2, -0.15) is 0 Å². The minimum Gasteiger partial charge on any atom is -0.497 e. The summed E-state index contributed by atoms with van der Waals surface area (Å²) in [7, 11) is 3.82. The Hall–Kier alpha value is -1.06. The summed E-state index contributed by atoms with van der Waals surface area (Å²) in [5.74, 6) is 0.967. The fourth-order valence-corrected chi connectivity index (χ4v) is 3.55. The molecule has 0 heterocycles. The van der Waals surface area contributed by atoms with Gasteiger partial charge in [-0.25, -0.2) is 0 Å². The van der Waals surface area contributed by atoms with E-state index >= 15 is 0 Å². The number of likely N-dealkylation sites (N-methyl/N-ethyl adjacent to an activating group) is 2. The molecule has 1 N–H and O–H groups in total. The highest BCUT2D eigenvalue weighted by Crippen LogP contribution is 2.40. The summed E-state index contributed by atoms with van der Waals surface area (Å²) in [6.07, 6.45) is 3.91. The van der Waals surface area contributed by atoms with E-state index < -0.39 is 0 Å². The van der Waals surface area contributed by atoms with Crippen LogP contribution in [0.4, 0.5) is 0 Å². The number of ether oxygens (including phenoxy) is 1. The summed E-state index contributed by atoms with van der Waals surface area (Å²) >= 11 is 0. The van der Waals surface area contributed by atoms with Gasteiger partial charge in [0.25, 0.3) is 0 Å². The lowest BCUT2D eigenvalue weighted by molar-refractivity contribution is 0.168. The standard InChI is InChI=1S/C16H24N2O/c1-4-18(12-6-7-12)15-9-11-5-8-13(19-3)10-14(11)16(15)17-2/h5,8,10,12,15-17H,4,6-7,9H2,1-3H3. The summed E-state index contributed by atoms with van der Waals surface area (Å²) in [5.41, 5.74) is 2.90. The van der Waals surface area contributed by atoms with Crippen molar-refractivity contribution < 1.29 is 4.74 Å². The monoisotopic (exact) mass is 260 g/mol. The first-order valence-electron chi connectivity index (χ1n) is 7.38. The second kappa shape index (κ2) is 5.14. The lowest BCUT2D eigenvalue weighted by Crippen LogP contribution is -2.43. The average Bonchev–Trinajstić information content (AvgIpc) is 3.20. The first-order valence-corrected chi connectivity index (χ1v) is 7.38. The second-order valence-electron chi connectivity index (χ2n) is 5.66. The van der Waals surface area contributed by atoms with Crippen LogP contribution in [0.25, 0.3) is 0 Å². The lowest BCUT2D eigenvalue weighted by atomic mass is 10.1. The van der Waals surface area contributed by atoms with Crippen LogP contribution in [0.1, 0.15) is 36.9 Å². The Labute approximate surface area is 115 Å². The summed E-state index contributed by atoms with van der Waals surface area (Å²) in [6, 6.07) is 8.38. The van der Waals surface area contributed by atoms with Crippen molar-refractivity contribution >= 4 is 0 Å². The van der Waals surface area contributed by atoms with Crippen LogP contribution in [0, 0.1) is 0 Å². The van der Waals surface area contributed by atoms with Gasteiger partial charge in [-0.3, -0.25) is 4.90 Å². The molecule has 3 rings (SSSR count). The number of nitrogens with one attached hydrogen (secondary N) is 1. The third kappa shape index (κ3) is 2.26. The van der Waals surface area contributed by atoms with Crippen molar-refractivity contribution in [2.45, 2.75) is 44.3 Å². The Morgan fingerprint density at radius 1 is 1.37 bits per heavy atom. The fraction of sp³-hybridized carbons (Fsp3) is 0.625. The largest absolute Gasteiger partial charge is 0.497 e. The van der Waals surface area contributed by atoms with Gasteiger partial charge in [0, 0.05) is 18.1 Å². The van der Waals surface area contributed by atoms with Crippen LogP contribution >= 0.6 is 0 Å². The first kappa shape index (κ1) is 12.9. The van der Waals surface area contributed by atoms with Crippen LogP contribution in [0.3, 0.4) is 0 Å². The van der Waals surface area contributed by atoms with Crippen LogP contribution in [-0.2, 0) is 6.42 Å². The van der Waals surface area contributed by atoms with Gasteiger partial charge in [0.15, 0.2) is 0 Å². The van der Waals surface area contributed by atoms with E-state index in [1.54, 1.807) is 7.11 Å². The third-order valence-electron chi connectivity index (χ3n) is 4.62. The average molecular weight is 260 g/mol. The van der Waals surface area contributed by atoms with Crippen molar-refractivity contribution in [3.63, 3.8) is 0 Å². The number of nitrogens with zero attached hydrogens (tertiary/aromatic N) is 1. The van der Waals surface area contributed by atoms with E-state index in [9.17, 15) is 0 Å². The molecule has 0 bridgehead atoms. The van der Waals surface area contributed by atoms with Crippen molar-refractivity contribution in [3.05, 3.63) is 29.3 Å². The molecular formula is C16H24N2O. The normalized spacial score (nSPS) is 25.7. The molecule has 1 aromatic rings. The van der Waals surface area contributed by atoms with Gasteiger partial charge in [-0.05, 0) is 56.1 Å². The lowest BCUT2D eigenvalue weighted by Gasteiger charge is -2.32. The second-order valence-corrected chi connectivity index (χ2v) is 5.66. The molecular weight excluding hydrogens is 236 g/mol. The van der Waals surface area contributed by atoms with E-state index in [0.29, 0.717) is 12.1 Å². The molecule has 1 fully saturated rings. The van der Waals surface area contributed by atoms with E-state index in [1.165, 1.54) is 24.0 Å². The molecule has 3 nitrogen and oxygen atoms in total. The van der Waals surface area contributed by atoms with E-state index in [2.05, 4.69) is 42.4 Å². The van der Waals surface area contributed by atoms with Crippen LogP contribution in [0.5, 0.6) is 5.75 Å². The zero-order valence-corrected chi connectivity index (χ0v) is 12.1. The molecule has 2 atom stereocenters. The summed E-state index contributed by atoms with van der Waals surface area (Å²) in [5, 5.41) is 3.52. The van der Waals surface area contributed by atoms with Crippen molar-refractivity contribution in [2.24, 2.45) is 0 Å². The van der Waals surface area contributed by atoms with Crippen molar-refractivity contribution in [2.75, 3.05) is 20.7 Å². The number of hydrogen-bond donors (Lipinski definition) is 1. The van der Waals surface area contributed by atoms with Crippen LogP contribution in [-0.4, -0.2) is 37.7 Å². The van der Waals surface area contributed by atoms with Gasteiger partial charge in [-0.1, -0.05) is 13.0 Å². The Morgan fingerprint density at radius 2 is 2.16 bits per heavy atom. The highest BCUT2D eigenvalue weighted by Gasteiger charge is 2.40. The first-order chi connectivity index (χ1) is 9.28. The van der Waals surface area contributed by atoms with Gasteiger partial charge in [0.1, 0.15) is 5.75 Å². The van der Waals surface area contributed by atoms with Crippen LogP contribution in [0.15, 0.2) is 18.2 Å². The van der Waals surface area contributed by atoms with Crippen molar-refractivity contribution in [3.8, 4) is 5.75 Å². The molecule has 0 aromatic heterocycles. The maximum absolute atomic E-state index is 5.37. The molecule has 0 spiro atoms. The van der Waals surface area contributed by atoms with Crippen molar-refractivity contribution in [1.82, 2.24) is 10.2 Å². The molecule has 1 aromatic carbocycles. The van der Waals surface area contributed by atoms with Gasteiger partial charge in [0.2, 0.25) is 0 Å². The van der Waals surface area contributed by atoms with E-state index in [0.717, 1.165) is 24.8 Å². The maximum Gasteiger partial charge on any atom is 0.119 e. The minimum absolute atomic E-state index is 0.436. The molecule has 2 aliphatic rings. The molecule has 0 amide bonds. The SMILES string of the molecule is CCN(C1CC1)C1Cc2ccc(OC)cc2C1NC.